The summed E-state index contributed by atoms with van der Waals surface area (Å²) in [4.78, 5) is 24.6. The Morgan fingerprint density at radius 3 is 2.64 bits per heavy atom. The first-order valence-corrected chi connectivity index (χ1v) is 13.8. The SMILES string of the molecule is CCOc1cc([C@H]2NC(=O)NC(C)=C2C(=O)OC)ccc1OC[C@H](O)N/N=C/c1cccc(OCc2ccc(C#N)cc2)c1. The normalized spacial score (nSPS) is 15.1. The van der Waals surface area contributed by atoms with Gasteiger partial charge in [0.25, 0.3) is 0 Å². The standard InChI is InChI=1S/C32H33N5O7/c1-4-42-27-15-24(30-29(31(39)41-3)20(2)35-32(40)36-30)12-13-26(27)44-19-28(38)37-34-17-23-6-5-7-25(14-23)43-18-22-10-8-21(16-33)9-11-22/h5-15,17,28,30,37-38H,4,18-19H2,1-3H3,(H2,35,36,40)/b34-17+/t28-,30+/m0/s1. The maximum Gasteiger partial charge on any atom is 0.337 e. The molecule has 0 fully saturated rings. The lowest BCUT2D eigenvalue weighted by Gasteiger charge is -2.28. The summed E-state index contributed by atoms with van der Waals surface area (Å²) in [5.74, 6) is 0.791. The summed E-state index contributed by atoms with van der Waals surface area (Å²) in [5, 5.41) is 28.7. The van der Waals surface area contributed by atoms with E-state index < -0.39 is 24.3 Å². The number of benzene rings is 3. The van der Waals surface area contributed by atoms with E-state index in [-0.39, 0.29) is 12.2 Å². The Bertz CT molecular complexity index is 1580. The minimum absolute atomic E-state index is 0.152. The highest BCUT2D eigenvalue weighted by Crippen LogP contribution is 2.35. The predicted octanol–water partition coefficient (Wildman–Crippen LogP) is 3.66. The minimum Gasteiger partial charge on any atom is -0.490 e. The van der Waals surface area contributed by atoms with Crippen molar-refractivity contribution in [3.8, 4) is 23.3 Å². The fourth-order valence-electron chi connectivity index (χ4n) is 4.35. The van der Waals surface area contributed by atoms with Crippen molar-refractivity contribution >= 4 is 18.2 Å². The van der Waals surface area contributed by atoms with Crippen LogP contribution in [-0.4, -0.2) is 49.9 Å². The zero-order chi connectivity index (χ0) is 31.5. The van der Waals surface area contributed by atoms with Crippen LogP contribution in [0, 0.1) is 11.3 Å². The second kappa shape index (κ2) is 15.1. The number of esters is 1. The molecular formula is C32H33N5O7. The number of carbonyl (C=O) groups excluding carboxylic acids is 2. The average Bonchev–Trinajstić information content (AvgIpc) is 3.03. The number of hydrazone groups is 1. The molecule has 0 saturated heterocycles. The Balaban J connectivity index is 1.34. The summed E-state index contributed by atoms with van der Waals surface area (Å²) in [7, 11) is 1.27. The lowest BCUT2D eigenvalue weighted by Crippen LogP contribution is -2.45. The average molecular weight is 600 g/mol. The molecule has 1 heterocycles. The fourth-order valence-corrected chi connectivity index (χ4v) is 4.35. The highest BCUT2D eigenvalue weighted by atomic mass is 16.5. The molecule has 3 aromatic rings. The van der Waals surface area contributed by atoms with Gasteiger partial charge in [0.15, 0.2) is 17.7 Å². The number of carbonyl (C=O) groups is 2. The Hall–Kier alpha value is -5.54. The Kier molecular flexibility index (Phi) is 10.8. The van der Waals surface area contributed by atoms with E-state index in [2.05, 4.69) is 27.2 Å². The van der Waals surface area contributed by atoms with Gasteiger partial charge in [0.05, 0.1) is 43.2 Å². The molecule has 12 heteroatoms. The molecule has 3 aromatic carbocycles. The van der Waals surface area contributed by atoms with E-state index in [1.807, 2.05) is 37.3 Å². The van der Waals surface area contributed by atoms with E-state index in [1.54, 1.807) is 49.5 Å². The molecule has 228 valence electrons. The summed E-state index contributed by atoms with van der Waals surface area (Å²) in [5.41, 5.74) is 6.13. The van der Waals surface area contributed by atoms with Gasteiger partial charge in [-0.05, 0) is 66.9 Å². The quantitative estimate of drug-likeness (QED) is 0.0994. The number of nitriles is 1. The number of urea groups is 1. The zero-order valence-corrected chi connectivity index (χ0v) is 24.5. The van der Waals surface area contributed by atoms with Crippen LogP contribution in [0.4, 0.5) is 4.79 Å². The molecular weight excluding hydrogens is 566 g/mol. The predicted molar refractivity (Wildman–Crippen MR) is 161 cm³/mol. The molecule has 0 radical (unpaired) electrons. The number of methoxy groups -OCH3 is 1. The van der Waals surface area contributed by atoms with Crippen LogP contribution in [0.3, 0.4) is 0 Å². The van der Waals surface area contributed by atoms with Crippen molar-refractivity contribution < 1.29 is 33.6 Å². The van der Waals surface area contributed by atoms with Crippen LogP contribution < -0.4 is 30.3 Å². The third-order valence-corrected chi connectivity index (χ3v) is 6.46. The molecule has 0 saturated carbocycles. The molecule has 4 N–H and O–H groups in total. The third-order valence-electron chi connectivity index (χ3n) is 6.46. The number of nitrogens with one attached hydrogen (secondary N) is 3. The van der Waals surface area contributed by atoms with Gasteiger partial charge in [-0.15, -0.1) is 0 Å². The van der Waals surface area contributed by atoms with Crippen molar-refractivity contribution in [3.63, 3.8) is 0 Å². The van der Waals surface area contributed by atoms with Crippen molar-refractivity contribution in [2.45, 2.75) is 32.7 Å². The van der Waals surface area contributed by atoms with Crippen LogP contribution in [0.5, 0.6) is 17.2 Å². The van der Waals surface area contributed by atoms with Crippen LogP contribution in [-0.2, 0) is 16.1 Å². The van der Waals surface area contributed by atoms with E-state index in [0.29, 0.717) is 47.3 Å². The van der Waals surface area contributed by atoms with Gasteiger partial charge in [-0.3, -0.25) is 5.43 Å². The molecule has 0 aromatic heterocycles. The van der Waals surface area contributed by atoms with Gasteiger partial charge >= 0.3 is 12.0 Å². The number of ether oxygens (including phenoxy) is 4. The third kappa shape index (κ3) is 8.27. The maximum absolute atomic E-state index is 12.4. The summed E-state index contributed by atoms with van der Waals surface area (Å²) >= 11 is 0. The Morgan fingerprint density at radius 2 is 1.91 bits per heavy atom. The summed E-state index contributed by atoms with van der Waals surface area (Å²) < 4.78 is 22.3. The van der Waals surface area contributed by atoms with E-state index in [9.17, 15) is 14.7 Å². The summed E-state index contributed by atoms with van der Waals surface area (Å²) in [6.07, 6.45) is 0.399. The molecule has 44 heavy (non-hydrogen) atoms. The van der Waals surface area contributed by atoms with Crippen LogP contribution in [0.1, 0.15) is 42.1 Å². The number of allylic oxidation sites excluding steroid dienone is 1. The van der Waals surface area contributed by atoms with Gasteiger partial charge in [-0.25, -0.2) is 9.59 Å². The lowest BCUT2D eigenvalue weighted by molar-refractivity contribution is -0.136. The van der Waals surface area contributed by atoms with E-state index in [4.69, 9.17) is 24.2 Å². The van der Waals surface area contributed by atoms with Crippen molar-refractivity contribution in [1.82, 2.24) is 16.1 Å². The molecule has 0 aliphatic carbocycles. The second-order valence-corrected chi connectivity index (χ2v) is 9.58. The van der Waals surface area contributed by atoms with Crippen molar-refractivity contribution in [2.75, 3.05) is 20.3 Å². The van der Waals surface area contributed by atoms with Gasteiger partial charge in [0, 0.05) is 5.70 Å². The second-order valence-electron chi connectivity index (χ2n) is 9.58. The fraction of sp³-hybridized carbons (Fsp3) is 0.250. The number of amides is 2. The number of aliphatic hydroxyl groups is 1. The number of aliphatic hydroxyl groups excluding tert-OH is 1. The van der Waals surface area contributed by atoms with E-state index in [1.165, 1.54) is 7.11 Å². The van der Waals surface area contributed by atoms with Crippen LogP contribution in [0.25, 0.3) is 0 Å². The molecule has 0 spiro atoms. The molecule has 1 aliphatic rings. The smallest absolute Gasteiger partial charge is 0.337 e. The Labute approximate surface area is 254 Å². The molecule has 2 amide bonds. The summed E-state index contributed by atoms with van der Waals surface area (Å²) in [6.45, 7) is 3.96. The zero-order valence-electron chi connectivity index (χ0n) is 24.5. The first-order chi connectivity index (χ1) is 21.3. The molecule has 1 aliphatic heterocycles. The lowest BCUT2D eigenvalue weighted by atomic mass is 9.95. The molecule has 0 bridgehead atoms. The van der Waals surface area contributed by atoms with Crippen LogP contribution in [0.2, 0.25) is 0 Å². The first-order valence-electron chi connectivity index (χ1n) is 13.8. The van der Waals surface area contributed by atoms with Crippen LogP contribution >= 0.6 is 0 Å². The summed E-state index contributed by atoms with van der Waals surface area (Å²) in [6, 6.07) is 20.3. The van der Waals surface area contributed by atoms with Crippen molar-refractivity contribution in [2.24, 2.45) is 5.10 Å². The number of nitrogens with zero attached hydrogens (tertiary/aromatic N) is 2. The largest absolute Gasteiger partial charge is 0.490 e. The van der Waals surface area contributed by atoms with Crippen molar-refractivity contribution in [1.29, 1.82) is 5.26 Å². The number of rotatable bonds is 13. The highest BCUT2D eigenvalue weighted by Gasteiger charge is 2.32. The molecule has 12 nitrogen and oxygen atoms in total. The number of hydrogen-bond acceptors (Lipinski definition) is 10. The monoisotopic (exact) mass is 599 g/mol. The van der Waals surface area contributed by atoms with Gasteiger partial charge in [0.1, 0.15) is 19.0 Å². The van der Waals surface area contributed by atoms with E-state index >= 15 is 0 Å². The van der Waals surface area contributed by atoms with Gasteiger partial charge in [-0.1, -0.05) is 30.3 Å². The topological polar surface area (TPSA) is 164 Å². The van der Waals surface area contributed by atoms with Gasteiger partial charge < -0.3 is 34.7 Å². The minimum atomic E-state index is -1.14. The molecule has 0 unspecified atom stereocenters. The Morgan fingerprint density at radius 1 is 1.11 bits per heavy atom. The van der Waals surface area contributed by atoms with Crippen molar-refractivity contribution in [3.05, 3.63) is 100 Å². The van der Waals surface area contributed by atoms with Gasteiger partial charge in [-0.2, -0.15) is 10.4 Å². The van der Waals surface area contributed by atoms with Gasteiger partial charge in [0.2, 0.25) is 0 Å². The molecule has 2 atom stereocenters. The number of hydrogen-bond donors (Lipinski definition) is 4. The van der Waals surface area contributed by atoms with Crippen LogP contribution in [0.15, 0.2) is 83.1 Å². The molecule has 4 rings (SSSR count). The van der Waals surface area contributed by atoms with E-state index in [0.717, 1.165) is 11.1 Å². The highest BCUT2D eigenvalue weighted by molar-refractivity contribution is 5.95. The first kappa shape index (κ1) is 31.4. The maximum atomic E-state index is 12.4.